The molecule has 102 valence electrons. The summed E-state index contributed by atoms with van der Waals surface area (Å²) in [6.07, 6.45) is 5.88. The van der Waals surface area contributed by atoms with Crippen LogP contribution in [-0.4, -0.2) is 6.61 Å². The van der Waals surface area contributed by atoms with Gasteiger partial charge < -0.3 is 4.74 Å². The van der Waals surface area contributed by atoms with Crippen LogP contribution in [0, 0.1) is 0 Å². The van der Waals surface area contributed by atoms with Gasteiger partial charge in [-0.25, -0.2) is 0 Å². The van der Waals surface area contributed by atoms with Crippen molar-refractivity contribution >= 4 is 15.9 Å². The summed E-state index contributed by atoms with van der Waals surface area (Å²) in [6, 6.07) is 5.91. The summed E-state index contributed by atoms with van der Waals surface area (Å²) in [5, 5.41) is 0. The lowest BCUT2D eigenvalue weighted by Crippen LogP contribution is -2.02. The van der Waals surface area contributed by atoms with Gasteiger partial charge in [0.1, 0.15) is 5.75 Å². The standard InChI is InChI=1S/C14H19BrF2O/c1-2-3-4-5-6-11-18-13-9-7-12(8-10-13)14(15,16)17/h7-10H,2-6,11H2,1H3. The molecule has 0 aliphatic rings. The second-order valence-electron chi connectivity index (χ2n) is 4.28. The van der Waals surface area contributed by atoms with Crippen molar-refractivity contribution in [3.8, 4) is 5.75 Å². The number of rotatable bonds is 8. The Morgan fingerprint density at radius 1 is 1.06 bits per heavy atom. The largest absolute Gasteiger partial charge is 0.494 e. The van der Waals surface area contributed by atoms with Gasteiger partial charge in [0.05, 0.1) is 6.61 Å². The maximum atomic E-state index is 12.9. The molecule has 1 aromatic rings. The average Bonchev–Trinajstić information content (AvgIpc) is 2.33. The maximum absolute atomic E-state index is 12.9. The van der Waals surface area contributed by atoms with Crippen LogP contribution in [0.25, 0.3) is 0 Å². The summed E-state index contributed by atoms with van der Waals surface area (Å²) in [5.74, 6) is 0.644. The van der Waals surface area contributed by atoms with Crippen molar-refractivity contribution < 1.29 is 13.5 Å². The zero-order chi connectivity index (χ0) is 13.4. The van der Waals surface area contributed by atoms with Gasteiger partial charge in [-0.2, -0.15) is 8.78 Å². The number of benzene rings is 1. The molecular weight excluding hydrogens is 302 g/mol. The number of ether oxygens (including phenoxy) is 1. The molecule has 1 nitrogen and oxygen atoms in total. The smallest absolute Gasteiger partial charge is 0.326 e. The van der Waals surface area contributed by atoms with E-state index in [1.54, 1.807) is 12.1 Å². The van der Waals surface area contributed by atoms with Crippen LogP contribution in [0.15, 0.2) is 24.3 Å². The van der Waals surface area contributed by atoms with Gasteiger partial charge in [-0.05, 0) is 46.6 Å². The molecule has 0 N–H and O–H groups in total. The van der Waals surface area contributed by atoms with Gasteiger partial charge in [0, 0.05) is 5.56 Å². The fourth-order valence-electron chi connectivity index (χ4n) is 1.64. The molecule has 0 aromatic heterocycles. The third-order valence-corrected chi connectivity index (χ3v) is 3.16. The molecule has 0 spiro atoms. The first-order chi connectivity index (χ1) is 8.54. The van der Waals surface area contributed by atoms with E-state index in [-0.39, 0.29) is 5.56 Å². The van der Waals surface area contributed by atoms with Crippen LogP contribution >= 0.6 is 15.9 Å². The number of unbranched alkanes of at least 4 members (excludes halogenated alkanes) is 4. The van der Waals surface area contributed by atoms with Gasteiger partial charge in [-0.3, -0.25) is 0 Å². The molecule has 0 radical (unpaired) electrons. The highest BCUT2D eigenvalue weighted by atomic mass is 79.9. The third-order valence-electron chi connectivity index (χ3n) is 2.70. The molecule has 18 heavy (non-hydrogen) atoms. The van der Waals surface area contributed by atoms with Crippen LogP contribution < -0.4 is 4.74 Å². The topological polar surface area (TPSA) is 9.23 Å². The first kappa shape index (κ1) is 15.4. The molecule has 1 aromatic carbocycles. The minimum atomic E-state index is -2.97. The molecule has 0 amide bonds. The van der Waals surface area contributed by atoms with Gasteiger partial charge in [0.25, 0.3) is 0 Å². The Kier molecular flexibility index (Phi) is 6.61. The summed E-state index contributed by atoms with van der Waals surface area (Å²) >= 11 is 2.32. The Hall–Kier alpha value is -0.640. The van der Waals surface area contributed by atoms with Crippen molar-refractivity contribution in [1.29, 1.82) is 0 Å². The zero-order valence-electron chi connectivity index (χ0n) is 10.6. The quantitative estimate of drug-likeness (QED) is 0.455. The van der Waals surface area contributed by atoms with E-state index in [0.29, 0.717) is 12.4 Å². The van der Waals surface area contributed by atoms with Gasteiger partial charge in [-0.15, -0.1) is 0 Å². The lowest BCUT2D eigenvalue weighted by molar-refractivity contribution is 0.114. The molecule has 4 heteroatoms. The van der Waals surface area contributed by atoms with Crippen LogP contribution in [0.1, 0.15) is 44.6 Å². The fourth-order valence-corrected chi connectivity index (χ4v) is 1.90. The predicted molar refractivity (Wildman–Crippen MR) is 73.5 cm³/mol. The molecule has 0 atom stereocenters. The SMILES string of the molecule is CCCCCCCOc1ccc(C(F)(F)Br)cc1. The molecule has 0 saturated heterocycles. The van der Waals surface area contributed by atoms with E-state index in [2.05, 4.69) is 22.9 Å². The van der Waals surface area contributed by atoms with Crippen molar-refractivity contribution in [2.24, 2.45) is 0 Å². The van der Waals surface area contributed by atoms with Crippen LogP contribution in [-0.2, 0) is 4.83 Å². The predicted octanol–water partition coefficient (Wildman–Crippen LogP) is 5.48. The van der Waals surface area contributed by atoms with Crippen molar-refractivity contribution in [3.63, 3.8) is 0 Å². The lowest BCUT2D eigenvalue weighted by Gasteiger charge is -2.10. The van der Waals surface area contributed by atoms with Gasteiger partial charge in [0.15, 0.2) is 0 Å². The van der Waals surface area contributed by atoms with Crippen LogP contribution in [0.4, 0.5) is 8.78 Å². The molecule has 0 aliphatic heterocycles. The summed E-state index contributed by atoms with van der Waals surface area (Å²) in [4.78, 5) is -2.97. The Morgan fingerprint density at radius 2 is 1.67 bits per heavy atom. The van der Waals surface area contributed by atoms with Crippen molar-refractivity contribution in [3.05, 3.63) is 29.8 Å². The fraction of sp³-hybridized carbons (Fsp3) is 0.571. The van der Waals surface area contributed by atoms with E-state index >= 15 is 0 Å². The van der Waals surface area contributed by atoms with Crippen molar-refractivity contribution in [2.45, 2.75) is 43.9 Å². The molecule has 1 rings (SSSR count). The molecule has 0 fully saturated rings. The maximum Gasteiger partial charge on any atom is 0.326 e. The van der Waals surface area contributed by atoms with Crippen LogP contribution in [0.2, 0.25) is 0 Å². The number of alkyl halides is 3. The van der Waals surface area contributed by atoms with Crippen molar-refractivity contribution in [1.82, 2.24) is 0 Å². The zero-order valence-corrected chi connectivity index (χ0v) is 12.2. The Balaban J connectivity index is 2.27. The van der Waals surface area contributed by atoms with E-state index in [1.165, 1.54) is 31.4 Å². The molecule has 0 bridgehead atoms. The van der Waals surface area contributed by atoms with Gasteiger partial charge >= 0.3 is 4.83 Å². The first-order valence-corrected chi connectivity index (χ1v) is 7.13. The molecule has 0 aliphatic carbocycles. The molecular formula is C14H19BrF2O. The van der Waals surface area contributed by atoms with E-state index in [9.17, 15) is 8.78 Å². The lowest BCUT2D eigenvalue weighted by atomic mass is 10.2. The summed E-state index contributed by atoms with van der Waals surface area (Å²) in [6.45, 7) is 2.82. The number of hydrogen-bond donors (Lipinski definition) is 0. The average molecular weight is 321 g/mol. The summed E-state index contributed by atoms with van der Waals surface area (Å²) in [7, 11) is 0. The van der Waals surface area contributed by atoms with E-state index in [0.717, 1.165) is 12.8 Å². The summed E-state index contributed by atoms with van der Waals surface area (Å²) in [5.41, 5.74) is -0.0576. The third kappa shape index (κ3) is 5.80. The second-order valence-corrected chi connectivity index (χ2v) is 5.28. The Morgan fingerprint density at radius 3 is 2.22 bits per heavy atom. The minimum absolute atomic E-state index is 0.0576. The van der Waals surface area contributed by atoms with E-state index < -0.39 is 4.83 Å². The molecule has 0 heterocycles. The first-order valence-electron chi connectivity index (χ1n) is 6.34. The van der Waals surface area contributed by atoms with Crippen LogP contribution in [0.5, 0.6) is 5.75 Å². The highest BCUT2D eigenvalue weighted by Gasteiger charge is 2.26. The summed E-state index contributed by atoms with van der Waals surface area (Å²) < 4.78 is 31.3. The highest BCUT2D eigenvalue weighted by Crippen LogP contribution is 2.35. The van der Waals surface area contributed by atoms with Gasteiger partial charge in [0.2, 0.25) is 0 Å². The van der Waals surface area contributed by atoms with Crippen molar-refractivity contribution in [2.75, 3.05) is 6.61 Å². The Labute approximate surface area is 116 Å². The number of halogens is 3. The van der Waals surface area contributed by atoms with Crippen LogP contribution in [0.3, 0.4) is 0 Å². The number of hydrogen-bond acceptors (Lipinski definition) is 1. The van der Waals surface area contributed by atoms with Gasteiger partial charge in [-0.1, -0.05) is 32.6 Å². The van der Waals surface area contributed by atoms with E-state index in [1.807, 2.05) is 0 Å². The highest BCUT2D eigenvalue weighted by molar-refractivity contribution is 9.09. The second kappa shape index (κ2) is 7.72. The monoisotopic (exact) mass is 320 g/mol. The minimum Gasteiger partial charge on any atom is -0.494 e. The van der Waals surface area contributed by atoms with E-state index in [4.69, 9.17) is 4.74 Å². The Bertz CT molecular complexity index is 333. The molecule has 0 unspecified atom stereocenters. The molecule has 0 saturated carbocycles. The normalized spacial score (nSPS) is 11.6.